The maximum atomic E-state index is 12.0. The molecule has 0 aromatic heterocycles. The number of benzene rings is 1. The summed E-state index contributed by atoms with van der Waals surface area (Å²) in [5.41, 5.74) is -0.960. The lowest BCUT2D eigenvalue weighted by molar-refractivity contribution is 0.0492. The van der Waals surface area contributed by atoms with Crippen molar-refractivity contribution < 1.29 is 19.7 Å². The molecule has 1 heterocycles. The molecule has 2 N–H and O–H groups in total. The van der Waals surface area contributed by atoms with Crippen LogP contribution < -0.4 is 4.74 Å². The zero-order valence-corrected chi connectivity index (χ0v) is 10.1. The molecule has 18 heavy (non-hydrogen) atoms. The summed E-state index contributed by atoms with van der Waals surface area (Å²) in [6.45, 7) is 3.68. The van der Waals surface area contributed by atoms with Gasteiger partial charge in [0.25, 0.3) is 0 Å². The van der Waals surface area contributed by atoms with Gasteiger partial charge < -0.3 is 14.9 Å². The van der Waals surface area contributed by atoms with Crippen molar-refractivity contribution in [1.29, 1.82) is 5.26 Å². The van der Waals surface area contributed by atoms with Crippen LogP contribution in [0.3, 0.4) is 0 Å². The molecule has 0 bridgehead atoms. The van der Waals surface area contributed by atoms with E-state index in [1.165, 1.54) is 6.07 Å². The minimum Gasteiger partial charge on any atom is -0.506 e. The predicted octanol–water partition coefficient (Wildman–Crippen LogP) is 2.10. The van der Waals surface area contributed by atoms with Gasteiger partial charge in [0, 0.05) is 6.07 Å². The molecular formula is C13H13NO4. The van der Waals surface area contributed by atoms with Gasteiger partial charge in [-0.1, -0.05) is 6.92 Å². The molecule has 1 unspecified atom stereocenters. The first-order valence-corrected chi connectivity index (χ1v) is 5.63. The van der Waals surface area contributed by atoms with Gasteiger partial charge in [-0.3, -0.25) is 4.79 Å². The van der Waals surface area contributed by atoms with Crippen LogP contribution in [-0.4, -0.2) is 21.6 Å². The molecule has 94 valence electrons. The summed E-state index contributed by atoms with van der Waals surface area (Å²) in [5, 5.41) is 28.3. The highest BCUT2D eigenvalue weighted by molar-refractivity contribution is 6.03. The number of phenolic OH excluding ortho intramolecular Hbond substituents is 2. The number of nitriles is 1. The van der Waals surface area contributed by atoms with Gasteiger partial charge in [-0.25, -0.2) is 0 Å². The van der Waals surface area contributed by atoms with Crippen molar-refractivity contribution in [3.05, 3.63) is 17.2 Å². The summed E-state index contributed by atoms with van der Waals surface area (Å²) in [6.07, 6.45) is 0.763. The average molecular weight is 247 g/mol. The molecule has 1 aromatic rings. The Bertz CT molecular complexity index is 573. The number of hydrogen-bond acceptors (Lipinski definition) is 5. The first-order valence-electron chi connectivity index (χ1n) is 5.63. The molecule has 0 saturated carbocycles. The van der Waals surface area contributed by atoms with Crippen LogP contribution >= 0.6 is 0 Å². The Morgan fingerprint density at radius 2 is 2.22 bits per heavy atom. The smallest absolute Gasteiger partial charge is 0.174 e. The molecule has 1 aromatic carbocycles. The van der Waals surface area contributed by atoms with Gasteiger partial charge in [-0.2, -0.15) is 5.26 Å². The third-order valence-electron chi connectivity index (χ3n) is 3.27. The number of aromatic hydroxyl groups is 2. The minimum absolute atomic E-state index is 0.0183. The number of ketones is 1. The van der Waals surface area contributed by atoms with Gasteiger partial charge >= 0.3 is 0 Å². The molecule has 0 aliphatic carbocycles. The highest BCUT2D eigenvalue weighted by Gasteiger charge is 2.38. The van der Waals surface area contributed by atoms with E-state index in [1.807, 2.05) is 6.92 Å². The van der Waals surface area contributed by atoms with Gasteiger partial charge in [-0.05, 0) is 13.3 Å². The monoisotopic (exact) mass is 247 g/mol. The summed E-state index contributed by atoms with van der Waals surface area (Å²) >= 11 is 0. The summed E-state index contributed by atoms with van der Waals surface area (Å²) in [5.74, 6) is -1.04. The van der Waals surface area contributed by atoms with Gasteiger partial charge in [0.15, 0.2) is 11.5 Å². The molecular weight excluding hydrogens is 234 g/mol. The van der Waals surface area contributed by atoms with Crippen LogP contribution in [0.15, 0.2) is 6.07 Å². The highest BCUT2D eigenvalue weighted by Crippen LogP contribution is 2.44. The maximum Gasteiger partial charge on any atom is 0.174 e. The van der Waals surface area contributed by atoms with Crippen LogP contribution in [0.25, 0.3) is 0 Å². The van der Waals surface area contributed by atoms with Crippen molar-refractivity contribution in [2.45, 2.75) is 32.3 Å². The van der Waals surface area contributed by atoms with Crippen molar-refractivity contribution in [3.63, 3.8) is 0 Å². The quantitative estimate of drug-likeness (QED) is 0.793. The summed E-state index contributed by atoms with van der Waals surface area (Å²) in [6, 6.07) is 2.87. The van der Waals surface area contributed by atoms with E-state index in [0.29, 0.717) is 6.42 Å². The zero-order chi connectivity index (χ0) is 13.5. The molecule has 1 aliphatic rings. The molecule has 0 saturated heterocycles. The first-order chi connectivity index (χ1) is 8.41. The average Bonchev–Trinajstić information content (AvgIpc) is 2.28. The van der Waals surface area contributed by atoms with Gasteiger partial charge in [0.05, 0.1) is 6.42 Å². The number of phenols is 2. The summed E-state index contributed by atoms with van der Waals surface area (Å²) < 4.78 is 5.65. The maximum absolute atomic E-state index is 12.0. The van der Waals surface area contributed by atoms with E-state index in [2.05, 4.69) is 0 Å². The number of fused-ring (bicyclic) bond motifs is 1. The van der Waals surface area contributed by atoms with E-state index in [1.54, 1.807) is 13.0 Å². The zero-order valence-electron chi connectivity index (χ0n) is 10.1. The van der Waals surface area contributed by atoms with E-state index in [4.69, 9.17) is 10.00 Å². The molecule has 5 heteroatoms. The Labute approximate surface area is 104 Å². The fourth-order valence-electron chi connectivity index (χ4n) is 2.02. The second-order valence-corrected chi connectivity index (χ2v) is 4.61. The molecule has 0 fully saturated rings. The number of hydrogen-bond donors (Lipinski definition) is 2. The van der Waals surface area contributed by atoms with Gasteiger partial charge in [0.1, 0.15) is 34.3 Å². The normalized spacial score (nSPS) is 21.9. The topological polar surface area (TPSA) is 90.5 Å². The number of Topliss-reactive ketones (excluding diaryl/α,β-unsaturated/α-hetero) is 1. The summed E-state index contributed by atoms with van der Waals surface area (Å²) in [7, 11) is 0. The van der Waals surface area contributed by atoms with E-state index >= 15 is 0 Å². The molecule has 0 radical (unpaired) electrons. The lowest BCUT2D eigenvalue weighted by Gasteiger charge is -2.34. The predicted molar refractivity (Wildman–Crippen MR) is 62.8 cm³/mol. The minimum atomic E-state index is -0.642. The fourth-order valence-corrected chi connectivity index (χ4v) is 2.02. The van der Waals surface area contributed by atoms with Crippen LogP contribution in [0.4, 0.5) is 0 Å². The Kier molecular flexibility index (Phi) is 2.66. The standard InChI is InChI=1S/C13H13NO4/c1-3-13(2)5-9(16)11-10(18-13)4-8(15)7(6-14)12(11)17/h4,15,17H,3,5H2,1-2H3. The van der Waals surface area contributed by atoms with Gasteiger partial charge in [-0.15, -0.1) is 0 Å². The van der Waals surface area contributed by atoms with Crippen LogP contribution in [0.2, 0.25) is 0 Å². The molecule has 2 rings (SSSR count). The van der Waals surface area contributed by atoms with Crippen LogP contribution in [0.5, 0.6) is 17.2 Å². The number of carbonyl (C=O) groups excluding carboxylic acids is 1. The number of nitrogens with zero attached hydrogens (tertiary/aromatic N) is 1. The fraction of sp³-hybridized carbons (Fsp3) is 0.385. The summed E-state index contributed by atoms with van der Waals surface area (Å²) in [4.78, 5) is 12.0. The largest absolute Gasteiger partial charge is 0.506 e. The van der Waals surface area contributed by atoms with Crippen LogP contribution in [0, 0.1) is 11.3 Å². The Hall–Kier alpha value is -2.22. The number of ether oxygens (including phenoxy) is 1. The second-order valence-electron chi connectivity index (χ2n) is 4.61. The van der Waals surface area contributed by atoms with E-state index in [0.717, 1.165) is 0 Å². The third kappa shape index (κ3) is 1.66. The lowest BCUT2D eigenvalue weighted by atomic mass is 9.88. The van der Waals surface area contributed by atoms with Crippen molar-refractivity contribution in [1.82, 2.24) is 0 Å². The van der Waals surface area contributed by atoms with Crippen molar-refractivity contribution in [2.75, 3.05) is 0 Å². The molecule has 0 spiro atoms. The van der Waals surface area contributed by atoms with Crippen LogP contribution in [0.1, 0.15) is 42.6 Å². The van der Waals surface area contributed by atoms with Crippen molar-refractivity contribution in [3.8, 4) is 23.3 Å². The first kappa shape index (κ1) is 12.2. The van der Waals surface area contributed by atoms with Crippen LogP contribution in [-0.2, 0) is 0 Å². The molecule has 0 amide bonds. The Morgan fingerprint density at radius 1 is 1.56 bits per heavy atom. The Balaban J connectivity index is 2.65. The molecule has 1 atom stereocenters. The second kappa shape index (κ2) is 3.91. The lowest BCUT2D eigenvalue weighted by Crippen LogP contribution is -2.38. The van der Waals surface area contributed by atoms with E-state index < -0.39 is 11.4 Å². The van der Waals surface area contributed by atoms with Crippen molar-refractivity contribution >= 4 is 5.78 Å². The number of carbonyl (C=O) groups is 1. The molecule has 5 nitrogen and oxygen atoms in total. The number of rotatable bonds is 1. The SMILES string of the molecule is CCC1(C)CC(=O)c2c(cc(O)c(C#N)c2O)O1. The third-order valence-corrected chi connectivity index (χ3v) is 3.27. The van der Waals surface area contributed by atoms with Crippen molar-refractivity contribution in [2.24, 2.45) is 0 Å². The van der Waals surface area contributed by atoms with Gasteiger partial charge in [0.2, 0.25) is 0 Å². The molecule has 1 aliphatic heterocycles. The van der Waals surface area contributed by atoms with E-state index in [-0.39, 0.29) is 34.8 Å². The Morgan fingerprint density at radius 3 is 2.78 bits per heavy atom. The van der Waals surface area contributed by atoms with E-state index in [9.17, 15) is 15.0 Å². The highest BCUT2D eigenvalue weighted by atomic mass is 16.5.